The van der Waals surface area contributed by atoms with Gasteiger partial charge in [-0.1, -0.05) is 30.3 Å². The summed E-state index contributed by atoms with van der Waals surface area (Å²) in [5.41, 5.74) is 6.48. The van der Waals surface area contributed by atoms with E-state index in [1.807, 2.05) is 30.3 Å². The molecule has 0 spiro atoms. The van der Waals surface area contributed by atoms with Gasteiger partial charge in [0.1, 0.15) is 6.10 Å². The molecule has 0 aromatic heterocycles. The molecule has 2 atom stereocenters. The Hall–Kier alpha value is -1.35. The zero-order valence-electron chi connectivity index (χ0n) is 7.85. The minimum absolute atomic E-state index is 0.104. The van der Waals surface area contributed by atoms with Crippen LogP contribution in [0, 0.1) is 0 Å². The maximum Gasteiger partial charge on any atom is 0.313 e. The number of ether oxygens (including phenoxy) is 1. The van der Waals surface area contributed by atoms with Crippen molar-refractivity contribution in [2.45, 2.75) is 18.4 Å². The van der Waals surface area contributed by atoms with Crippen molar-refractivity contribution in [3.8, 4) is 0 Å². The predicted octanol–water partition coefficient (Wildman–Crippen LogP) is 1.04. The minimum Gasteiger partial charge on any atom is -0.461 e. The van der Waals surface area contributed by atoms with Crippen LogP contribution in [0.2, 0.25) is 0 Å². The summed E-state index contributed by atoms with van der Waals surface area (Å²) < 4.78 is 5.11. The van der Waals surface area contributed by atoms with E-state index in [1.54, 1.807) is 0 Å². The van der Waals surface area contributed by atoms with Gasteiger partial charge in [0.15, 0.2) is 0 Å². The smallest absolute Gasteiger partial charge is 0.313 e. The Kier molecular flexibility index (Phi) is 2.50. The van der Waals surface area contributed by atoms with Crippen LogP contribution in [0.15, 0.2) is 30.3 Å². The van der Waals surface area contributed by atoms with Gasteiger partial charge in [-0.2, -0.15) is 0 Å². The summed E-state index contributed by atoms with van der Waals surface area (Å²) in [6.07, 6.45) is 0.604. The molecule has 2 rings (SSSR count). The van der Waals surface area contributed by atoms with Crippen molar-refractivity contribution in [2.75, 3.05) is 6.54 Å². The summed E-state index contributed by atoms with van der Waals surface area (Å²) in [5, 5.41) is 0. The largest absolute Gasteiger partial charge is 0.461 e. The highest BCUT2D eigenvalue weighted by Crippen LogP contribution is 2.29. The fourth-order valence-electron chi connectivity index (χ4n) is 1.76. The van der Waals surface area contributed by atoms with Crippen molar-refractivity contribution in [1.29, 1.82) is 0 Å². The maximum absolute atomic E-state index is 11.5. The number of carbonyl (C=O) groups excluding carboxylic acids is 1. The maximum atomic E-state index is 11.5. The first kappa shape index (κ1) is 9.21. The van der Waals surface area contributed by atoms with Crippen molar-refractivity contribution in [3.05, 3.63) is 35.9 Å². The van der Waals surface area contributed by atoms with Crippen LogP contribution < -0.4 is 5.73 Å². The highest BCUT2D eigenvalue weighted by molar-refractivity contribution is 5.80. The molecule has 0 saturated carbocycles. The molecule has 1 fully saturated rings. The number of hydrogen-bond acceptors (Lipinski definition) is 3. The van der Waals surface area contributed by atoms with Crippen molar-refractivity contribution in [3.63, 3.8) is 0 Å². The number of nitrogens with two attached hydrogens (primary N) is 1. The molecular formula is C11H13NO2. The summed E-state index contributed by atoms with van der Waals surface area (Å²) >= 11 is 0. The Morgan fingerprint density at radius 3 is 2.64 bits per heavy atom. The average Bonchev–Trinajstić information content (AvgIpc) is 2.61. The molecule has 1 heterocycles. The van der Waals surface area contributed by atoms with Crippen LogP contribution in [0.4, 0.5) is 0 Å². The zero-order chi connectivity index (χ0) is 9.97. The lowest BCUT2D eigenvalue weighted by molar-refractivity contribution is -0.142. The Morgan fingerprint density at radius 1 is 1.36 bits per heavy atom. The third-order valence-corrected chi connectivity index (χ3v) is 2.53. The van der Waals surface area contributed by atoms with Crippen molar-refractivity contribution in [2.24, 2.45) is 5.73 Å². The first-order valence-corrected chi connectivity index (χ1v) is 4.76. The van der Waals surface area contributed by atoms with E-state index < -0.39 is 0 Å². The Bertz CT molecular complexity index is 323. The molecule has 14 heavy (non-hydrogen) atoms. The van der Waals surface area contributed by atoms with Crippen LogP contribution in [0.1, 0.15) is 17.9 Å². The van der Waals surface area contributed by atoms with E-state index in [-0.39, 0.29) is 18.0 Å². The average molecular weight is 191 g/mol. The minimum atomic E-state index is -0.147. The lowest BCUT2D eigenvalue weighted by Crippen LogP contribution is -2.18. The van der Waals surface area contributed by atoms with E-state index in [0.717, 1.165) is 5.56 Å². The fourth-order valence-corrected chi connectivity index (χ4v) is 1.76. The molecule has 1 aromatic rings. The van der Waals surface area contributed by atoms with Crippen LogP contribution in [0.25, 0.3) is 0 Å². The standard InChI is InChI=1S/C11H13NO2/c12-7-9-6-10(11(13)14-9)8-4-2-1-3-5-8/h1-5,9-10H,6-7,12H2. The van der Waals surface area contributed by atoms with Crippen molar-refractivity contribution >= 4 is 5.97 Å². The van der Waals surface area contributed by atoms with Crippen molar-refractivity contribution < 1.29 is 9.53 Å². The Balaban J connectivity index is 2.17. The van der Waals surface area contributed by atoms with Crippen LogP contribution >= 0.6 is 0 Å². The van der Waals surface area contributed by atoms with Gasteiger partial charge in [-0.05, 0) is 5.56 Å². The van der Waals surface area contributed by atoms with E-state index >= 15 is 0 Å². The van der Waals surface area contributed by atoms with E-state index in [1.165, 1.54) is 0 Å². The van der Waals surface area contributed by atoms with Gasteiger partial charge in [-0.15, -0.1) is 0 Å². The van der Waals surface area contributed by atoms with Crippen LogP contribution in [-0.2, 0) is 9.53 Å². The highest BCUT2D eigenvalue weighted by Gasteiger charge is 2.34. The molecule has 1 aromatic carbocycles. The van der Waals surface area contributed by atoms with E-state index in [0.29, 0.717) is 13.0 Å². The molecule has 2 N–H and O–H groups in total. The van der Waals surface area contributed by atoms with Crippen LogP contribution in [-0.4, -0.2) is 18.6 Å². The molecule has 0 amide bonds. The third kappa shape index (κ3) is 1.63. The van der Waals surface area contributed by atoms with E-state index in [4.69, 9.17) is 10.5 Å². The number of cyclic esters (lactones) is 1. The number of esters is 1. The molecule has 0 radical (unpaired) electrons. The quantitative estimate of drug-likeness (QED) is 0.711. The monoisotopic (exact) mass is 191 g/mol. The molecule has 1 aliphatic heterocycles. The second kappa shape index (κ2) is 3.80. The number of hydrogen-bond donors (Lipinski definition) is 1. The summed E-state index contributed by atoms with van der Waals surface area (Å²) in [6, 6.07) is 9.69. The molecule has 1 saturated heterocycles. The molecule has 2 unspecified atom stereocenters. The Morgan fingerprint density at radius 2 is 2.07 bits per heavy atom. The summed E-state index contributed by atoms with van der Waals surface area (Å²) in [6.45, 7) is 0.412. The SMILES string of the molecule is NCC1CC(c2ccccc2)C(=O)O1. The lowest BCUT2D eigenvalue weighted by Gasteiger charge is -2.04. The molecule has 3 nitrogen and oxygen atoms in total. The van der Waals surface area contributed by atoms with Gasteiger partial charge in [0.2, 0.25) is 0 Å². The third-order valence-electron chi connectivity index (χ3n) is 2.53. The van der Waals surface area contributed by atoms with Crippen molar-refractivity contribution in [1.82, 2.24) is 0 Å². The normalized spacial score (nSPS) is 26.2. The molecule has 74 valence electrons. The van der Waals surface area contributed by atoms with Gasteiger partial charge in [0, 0.05) is 13.0 Å². The van der Waals surface area contributed by atoms with Crippen LogP contribution in [0.5, 0.6) is 0 Å². The number of carbonyl (C=O) groups is 1. The van der Waals surface area contributed by atoms with Crippen LogP contribution in [0.3, 0.4) is 0 Å². The fraction of sp³-hybridized carbons (Fsp3) is 0.364. The summed E-state index contributed by atoms with van der Waals surface area (Å²) in [5.74, 6) is -0.267. The van der Waals surface area contributed by atoms with Gasteiger partial charge in [-0.3, -0.25) is 4.79 Å². The van der Waals surface area contributed by atoms with E-state index in [2.05, 4.69) is 0 Å². The van der Waals surface area contributed by atoms with E-state index in [9.17, 15) is 4.79 Å². The lowest BCUT2D eigenvalue weighted by atomic mass is 9.96. The van der Waals surface area contributed by atoms with Gasteiger partial charge < -0.3 is 10.5 Å². The Labute approximate surface area is 82.9 Å². The van der Waals surface area contributed by atoms with Gasteiger partial charge in [0.25, 0.3) is 0 Å². The summed E-state index contributed by atoms with van der Waals surface area (Å²) in [4.78, 5) is 11.5. The summed E-state index contributed by atoms with van der Waals surface area (Å²) in [7, 11) is 0. The number of rotatable bonds is 2. The molecule has 3 heteroatoms. The van der Waals surface area contributed by atoms with Gasteiger partial charge >= 0.3 is 5.97 Å². The highest BCUT2D eigenvalue weighted by atomic mass is 16.6. The van der Waals surface area contributed by atoms with Gasteiger partial charge in [-0.25, -0.2) is 0 Å². The second-order valence-corrected chi connectivity index (χ2v) is 3.49. The second-order valence-electron chi connectivity index (χ2n) is 3.49. The molecular weight excluding hydrogens is 178 g/mol. The first-order valence-electron chi connectivity index (χ1n) is 4.76. The molecule has 0 aliphatic carbocycles. The zero-order valence-corrected chi connectivity index (χ0v) is 7.85. The number of benzene rings is 1. The predicted molar refractivity (Wildman–Crippen MR) is 52.7 cm³/mol. The van der Waals surface area contributed by atoms with Gasteiger partial charge in [0.05, 0.1) is 5.92 Å². The first-order chi connectivity index (χ1) is 6.81. The topological polar surface area (TPSA) is 52.3 Å². The molecule has 0 bridgehead atoms. The molecule has 1 aliphatic rings.